The van der Waals surface area contributed by atoms with E-state index in [4.69, 9.17) is 0 Å². The number of thiazole rings is 1. The Morgan fingerprint density at radius 1 is 1.24 bits per heavy atom. The Bertz CT molecular complexity index is 1080. The van der Waals surface area contributed by atoms with Gasteiger partial charge in [0.25, 0.3) is 5.91 Å². The molecule has 1 amide bonds. The second-order valence-corrected chi connectivity index (χ2v) is 9.32. The fourth-order valence-electron chi connectivity index (χ4n) is 4.04. The summed E-state index contributed by atoms with van der Waals surface area (Å²) in [7, 11) is 4.21. The molecule has 1 aliphatic carbocycles. The molecule has 1 N–H and O–H groups in total. The SMILES string of the molecule is Cc1nc(N2CC(N(C)C)C2)sc1C(=O)NC1(c2ccnc3ccccc23)CC1. The van der Waals surface area contributed by atoms with Crippen LogP contribution >= 0.6 is 11.3 Å². The first-order chi connectivity index (χ1) is 14.0. The van der Waals surface area contributed by atoms with Crippen LogP contribution in [-0.4, -0.2) is 54.0 Å². The van der Waals surface area contributed by atoms with Gasteiger partial charge in [-0.1, -0.05) is 29.5 Å². The number of carbonyl (C=O) groups is 1. The topological polar surface area (TPSA) is 61.4 Å². The maximum atomic E-state index is 13.2. The number of aromatic nitrogens is 2. The van der Waals surface area contributed by atoms with Crippen molar-refractivity contribution in [1.82, 2.24) is 20.2 Å². The predicted molar refractivity (Wildman–Crippen MR) is 117 cm³/mol. The van der Waals surface area contributed by atoms with Crippen molar-refractivity contribution in [1.29, 1.82) is 0 Å². The van der Waals surface area contributed by atoms with Crippen LogP contribution in [0.2, 0.25) is 0 Å². The van der Waals surface area contributed by atoms with Crippen LogP contribution in [-0.2, 0) is 5.54 Å². The van der Waals surface area contributed by atoms with E-state index in [2.05, 4.69) is 45.2 Å². The third-order valence-corrected chi connectivity index (χ3v) is 7.34. The highest BCUT2D eigenvalue weighted by molar-refractivity contribution is 7.17. The van der Waals surface area contributed by atoms with Crippen LogP contribution in [0.4, 0.5) is 5.13 Å². The smallest absolute Gasteiger partial charge is 0.264 e. The number of rotatable bonds is 5. The number of benzene rings is 1. The van der Waals surface area contributed by atoms with Crippen molar-refractivity contribution >= 4 is 33.3 Å². The molecule has 1 saturated heterocycles. The molecule has 2 aromatic heterocycles. The summed E-state index contributed by atoms with van der Waals surface area (Å²) in [5.41, 5.74) is 2.65. The summed E-state index contributed by atoms with van der Waals surface area (Å²) >= 11 is 1.50. The molecule has 2 fully saturated rings. The summed E-state index contributed by atoms with van der Waals surface area (Å²) in [5.74, 6) is -0.0191. The number of pyridine rings is 1. The zero-order chi connectivity index (χ0) is 20.2. The molecule has 0 atom stereocenters. The van der Waals surface area contributed by atoms with Crippen molar-refractivity contribution in [2.75, 3.05) is 32.1 Å². The zero-order valence-corrected chi connectivity index (χ0v) is 17.8. The zero-order valence-electron chi connectivity index (χ0n) is 17.0. The number of carbonyl (C=O) groups excluding carboxylic acids is 1. The van der Waals surface area contributed by atoms with E-state index in [0.717, 1.165) is 58.1 Å². The van der Waals surface area contributed by atoms with Crippen LogP contribution in [0.3, 0.4) is 0 Å². The van der Waals surface area contributed by atoms with Gasteiger partial charge in [-0.25, -0.2) is 4.98 Å². The van der Waals surface area contributed by atoms with Crippen molar-refractivity contribution < 1.29 is 4.79 Å². The lowest BCUT2D eigenvalue weighted by Gasteiger charge is -2.42. The van der Waals surface area contributed by atoms with Gasteiger partial charge < -0.3 is 15.1 Å². The Morgan fingerprint density at radius 3 is 2.72 bits per heavy atom. The average Bonchev–Trinajstić information content (AvgIpc) is 3.34. The number of aryl methyl sites for hydroxylation is 1. The van der Waals surface area contributed by atoms with E-state index in [-0.39, 0.29) is 11.4 Å². The summed E-state index contributed by atoms with van der Waals surface area (Å²) in [6.07, 6.45) is 3.74. The van der Waals surface area contributed by atoms with Gasteiger partial charge >= 0.3 is 0 Å². The number of anilines is 1. The lowest BCUT2D eigenvalue weighted by molar-refractivity contribution is 0.0934. The van der Waals surface area contributed by atoms with Crippen LogP contribution in [0.5, 0.6) is 0 Å². The molecular weight excluding hydrogens is 382 g/mol. The maximum absolute atomic E-state index is 13.2. The summed E-state index contributed by atoms with van der Waals surface area (Å²) in [4.78, 5) is 27.5. The lowest BCUT2D eigenvalue weighted by atomic mass is 10.00. The highest BCUT2D eigenvalue weighted by Gasteiger charge is 2.47. The van der Waals surface area contributed by atoms with Gasteiger partial charge in [0.1, 0.15) is 4.88 Å². The summed E-state index contributed by atoms with van der Waals surface area (Å²) in [6.45, 7) is 3.86. The fraction of sp³-hybridized carbons (Fsp3) is 0.409. The minimum atomic E-state index is -0.289. The number of likely N-dealkylation sites (N-methyl/N-ethyl adjacent to an activating group) is 1. The normalized spacial score (nSPS) is 18.1. The van der Waals surface area contributed by atoms with Gasteiger partial charge in [-0.3, -0.25) is 9.78 Å². The van der Waals surface area contributed by atoms with Crippen LogP contribution in [0.1, 0.15) is 33.8 Å². The Morgan fingerprint density at radius 2 is 2.00 bits per heavy atom. The average molecular weight is 408 g/mol. The van der Waals surface area contributed by atoms with Gasteiger partial charge in [0.15, 0.2) is 5.13 Å². The van der Waals surface area contributed by atoms with Crippen molar-refractivity contribution in [2.24, 2.45) is 0 Å². The van der Waals surface area contributed by atoms with E-state index in [1.807, 2.05) is 37.4 Å². The molecule has 7 heteroatoms. The Hall–Kier alpha value is -2.51. The standard InChI is InChI=1S/C22H25N5OS/c1-14-19(29-21(24-14)27-12-15(13-27)26(2)3)20(28)25-22(9-10-22)17-8-11-23-18-7-5-4-6-16(17)18/h4-8,11,15H,9-10,12-13H2,1-3H3,(H,25,28). The van der Waals surface area contributed by atoms with Gasteiger partial charge in [0.05, 0.1) is 16.7 Å². The van der Waals surface area contributed by atoms with Crippen molar-refractivity contribution in [3.63, 3.8) is 0 Å². The summed E-state index contributed by atoms with van der Waals surface area (Å²) in [6, 6.07) is 10.7. The van der Waals surface area contributed by atoms with Crippen LogP contribution in [0, 0.1) is 6.92 Å². The number of amides is 1. The molecule has 0 bridgehead atoms. The minimum Gasteiger partial charge on any atom is -0.345 e. The highest BCUT2D eigenvalue weighted by atomic mass is 32.1. The number of nitrogens with zero attached hydrogens (tertiary/aromatic N) is 4. The molecule has 150 valence electrons. The first-order valence-corrected chi connectivity index (χ1v) is 10.8. The number of nitrogens with one attached hydrogen (secondary N) is 1. The van der Waals surface area contributed by atoms with E-state index in [9.17, 15) is 4.79 Å². The second-order valence-electron chi connectivity index (χ2n) is 8.35. The molecule has 2 aliphatic rings. The van der Waals surface area contributed by atoms with Gasteiger partial charge in [-0.15, -0.1) is 0 Å². The second kappa shape index (κ2) is 6.78. The van der Waals surface area contributed by atoms with E-state index >= 15 is 0 Å². The molecule has 3 heterocycles. The predicted octanol–water partition coefficient (Wildman–Crippen LogP) is 3.17. The van der Waals surface area contributed by atoms with E-state index in [1.165, 1.54) is 11.3 Å². The maximum Gasteiger partial charge on any atom is 0.264 e. The van der Waals surface area contributed by atoms with Crippen molar-refractivity contribution in [3.8, 4) is 0 Å². The van der Waals surface area contributed by atoms with E-state index < -0.39 is 0 Å². The van der Waals surface area contributed by atoms with Crippen LogP contribution in [0.25, 0.3) is 10.9 Å². The Labute approximate surface area is 174 Å². The first-order valence-electron chi connectivity index (χ1n) is 10.0. The van der Waals surface area contributed by atoms with Crippen molar-refractivity contribution in [3.05, 3.63) is 52.7 Å². The third kappa shape index (κ3) is 3.18. The lowest BCUT2D eigenvalue weighted by Crippen LogP contribution is -2.57. The number of hydrogen-bond donors (Lipinski definition) is 1. The number of hydrogen-bond acceptors (Lipinski definition) is 6. The molecule has 1 aliphatic heterocycles. The van der Waals surface area contributed by atoms with Gasteiger partial charge in [0.2, 0.25) is 0 Å². The Kier molecular flexibility index (Phi) is 4.33. The molecule has 0 radical (unpaired) electrons. The number of fused-ring (bicyclic) bond motifs is 1. The largest absolute Gasteiger partial charge is 0.345 e. The molecule has 5 rings (SSSR count). The van der Waals surface area contributed by atoms with Gasteiger partial charge in [0, 0.05) is 30.7 Å². The van der Waals surface area contributed by atoms with E-state index in [0.29, 0.717) is 6.04 Å². The number of para-hydroxylation sites is 1. The van der Waals surface area contributed by atoms with Gasteiger partial charge in [-0.2, -0.15) is 0 Å². The third-order valence-electron chi connectivity index (χ3n) is 6.12. The van der Waals surface area contributed by atoms with Crippen molar-refractivity contribution in [2.45, 2.75) is 31.3 Å². The van der Waals surface area contributed by atoms with Gasteiger partial charge in [-0.05, 0) is 51.6 Å². The molecule has 1 saturated carbocycles. The van der Waals surface area contributed by atoms with E-state index in [1.54, 1.807) is 0 Å². The Balaban J connectivity index is 1.37. The van der Waals surface area contributed by atoms with Crippen LogP contribution < -0.4 is 10.2 Å². The molecular formula is C22H25N5OS. The molecule has 3 aromatic rings. The molecule has 0 spiro atoms. The molecule has 1 aromatic carbocycles. The summed E-state index contributed by atoms with van der Waals surface area (Å²) < 4.78 is 0. The molecule has 0 unspecified atom stereocenters. The first kappa shape index (κ1) is 18.5. The fourth-order valence-corrected chi connectivity index (χ4v) is 5.02. The molecule has 29 heavy (non-hydrogen) atoms. The monoisotopic (exact) mass is 407 g/mol. The minimum absolute atomic E-state index is 0.0191. The highest BCUT2D eigenvalue weighted by Crippen LogP contribution is 2.48. The summed E-state index contributed by atoms with van der Waals surface area (Å²) in [5, 5.41) is 5.39. The quantitative estimate of drug-likeness (QED) is 0.704. The van der Waals surface area contributed by atoms with Crippen LogP contribution in [0.15, 0.2) is 36.5 Å². The molecule has 6 nitrogen and oxygen atoms in total.